The number of fused-ring (bicyclic) bond motifs is 3. The quantitative estimate of drug-likeness (QED) is 0.827. The molecule has 0 saturated carbocycles. The summed E-state index contributed by atoms with van der Waals surface area (Å²) in [5, 5.41) is 4.38. The molecule has 110 valence electrons. The molecule has 0 fully saturated rings. The van der Waals surface area contributed by atoms with Crippen LogP contribution in [-0.4, -0.2) is 4.98 Å². The molecule has 3 rings (SSSR count). The van der Waals surface area contributed by atoms with Gasteiger partial charge in [-0.15, -0.1) is 0 Å². The lowest BCUT2D eigenvalue weighted by Crippen LogP contribution is -2.31. The van der Waals surface area contributed by atoms with E-state index in [0.717, 1.165) is 32.1 Å². The highest BCUT2D eigenvalue weighted by molar-refractivity contribution is 5.86. The first-order valence-corrected chi connectivity index (χ1v) is 8.38. The van der Waals surface area contributed by atoms with E-state index in [4.69, 9.17) is 4.98 Å². The van der Waals surface area contributed by atoms with Crippen molar-refractivity contribution in [2.45, 2.75) is 59.8 Å². The standard InChI is InChI=1S/C20H25N/c1-5-13-9-10-18-16(11-13)19-14(6-2)12-15(7-3)20(19)17(8-4)21-18/h9-11H,5-8,12H2,1-4H3. The van der Waals surface area contributed by atoms with Crippen molar-refractivity contribution in [3.05, 3.63) is 39.9 Å². The lowest BCUT2D eigenvalue weighted by atomic mass is 10.0. The molecule has 0 saturated heterocycles. The van der Waals surface area contributed by atoms with Gasteiger partial charge in [0.05, 0.1) is 5.52 Å². The number of pyridine rings is 1. The van der Waals surface area contributed by atoms with Gasteiger partial charge >= 0.3 is 0 Å². The van der Waals surface area contributed by atoms with Crippen molar-refractivity contribution >= 4 is 22.0 Å². The van der Waals surface area contributed by atoms with Gasteiger partial charge in [0.25, 0.3) is 0 Å². The number of aromatic nitrogens is 1. The summed E-state index contributed by atoms with van der Waals surface area (Å²) >= 11 is 0. The van der Waals surface area contributed by atoms with Crippen LogP contribution in [0.15, 0.2) is 18.2 Å². The normalized spacial score (nSPS) is 14.1. The lowest BCUT2D eigenvalue weighted by molar-refractivity contribution is 1.02. The minimum Gasteiger partial charge on any atom is -0.252 e. The predicted molar refractivity (Wildman–Crippen MR) is 91.8 cm³/mol. The number of aryl methyl sites for hydroxylation is 2. The smallest absolute Gasteiger partial charge is 0.0711 e. The Morgan fingerprint density at radius 2 is 1.57 bits per heavy atom. The molecule has 2 aromatic rings. The fraction of sp³-hybridized carbons (Fsp3) is 0.450. The summed E-state index contributed by atoms with van der Waals surface area (Å²) < 4.78 is 0. The minimum atomic E-state index is 1.02. The van der Waals surface area contributed by atoms with E-state index in [0.29, 0.717) is 0 Å². The van der Waals surface area contributed by atoms with Gasteiger partial charge in [-0.1, -0.05) is 44.9 Å². The molecule has 0 atom stereocenters. The van der Waals surface area contributed by atoms with Gasteiger partial charge in [-0.2, -0.15) is 0 Å². The zero-order chi connectivity index (χ0) is 15.0. The van der Waals surface area contributed by atoms with Gasteiger partial charge < -0.3 is 0 Å². The fourth-order valence-electron chi connectivity index (χ4n) is 3.62. The van der Waals surface area contributed by atoms with Crippen LogP contribution < -0.4 is 10.4 Å². The Bertz CT molecular complexity index is 812. The average molecular weight is 279 g/mol. The number of rotatable bonds is 4. The molecule has 1 nitrogen and oxygen atoms in total. The monoisotopic (exact) mass is 279 g/mol. The highest BCUT2D eigenvalue weighted by atomic mass is 14.7. The third-order valence-electron chi connectivity index (χ3n) is 4.85. The van der Waals surface area contributed by atoms with Gasteiger partial charge in [-0.25, -0.2) is 0 Å². The van der Waals surface area contributed by atoms with Crippen molar-refractivity contribution in [3.63, 3.8) is 0 Å². The van der Waals surface area contributed by atoms with Crippen molar-refractivity contribution < 1.29 is 0 Å². The summed E-state index contributed by atoms with van der Waals surface area (Å²) in [5.74, 6) is 0. The molecular formula is C20H25N. The number of hydrogen-bond acceptors (Lipinski definition) is 1. The second-order valence-corrected chi connectivity index (χ2v) is 5.96. The zero-order valence-electron chi connectivity index (χ0n) is 13.7. The fourth-order valence-corrected chi connectivity index (χ4v) is 3.62. The van der Waals surface area contributed by atoms with Gasteiger partial charge in [-0.05, 0) is 55.0 Å². The van der Waals surface area contributed by atoms with Crippen molar-refractivity contribution in [2.75, 3.05) is 0 Å². The first-order valence-electron chi connectivity index (χ1n) is 8.38. The van der Waals surface area contributed by atoms with Crippen LogP contribution >= 0.6 is 0 Å². The summed E-state index contributed by atoms with van der Waals surface area (Å²) in [6.45, 7) is 9.03. The molecule has 1 heteroatoms. The molecule has 21 heavy (non-hydrogen) atoms. The van der Waals surface area contributed by atoms with Crippen LogP contribution in [0.3, 0.4) is 0 Å². The molecule has 0 aliphatic heterocycles. The van der Waals surface area contributed by atoms with Crippen molar-refractivity contribution in [2.24, 2.45) is 0 Å². The van der Waals surface area contributed by atoms with Gasteiger partial charge in [-0.3, -0.25) is 4.98 Å². The molecular weight excluding hydrogens is 254 g/mol. The van der Waals surface area contributed by atoms with Crippen LogP contribution in [0.25, 0.3) is 22.0 Å². The largest absolute Gasteiger partial charge is 0.252 e. The highest BCUT2D eigenvalue weighted by Gasteiger charge is 2.17. The summed E-state index contributed by atoms with van der Waals surface area (Å²) in [7, 11) is 0. The molecule has 1 aromatic carbocycles. The maximum Gasteiger partial charge on any atom is 0.0711 e. The van der Waals surface area contributed by atoms with Gasteiger partial charge in [0.2, 0.25) is 0 Å². The molecule has 1 aromatic heterocycles. The molecule has 1 aliphatic rings. The van der Waals surface area contributed by atoms with E-state index in [9.17, 15) is 0 Å². The molecule has 1 heterocycles. The Labute approximate surface area is 127 Å². The molecule has 0 unspecified atom stereocenters. The summed E-state index contributed by atoms with van der Waals surface area (Å²) in [4.78, 5) is 4.97. The minimum absolute atomic E-state index is 1.02. The van der Waals surface area contributed by atoms with E-state index in [1.807, 2.05) is 0 Å². The van der Waals surface area contributed by atoms with Crippen molar-refractivity contribution in [1.82, 2.24) is 4.98 Å². The third-order valence-corrected chi connectivity index (χ3v) is 4.85. The predicted octanol–water partition coefficient (Wildman–Crippen LogP) is 3.88. The van der Waals surface area contributed by atoms with E-state index < -0.39 is 0 Å². The van der Waals surface area contributed by atoms with E-state index in [1.165, 1.54) is 32.6 Å². The van der Waals surface area contributed by atoms with Crippen molar-refractivity contribution in [3.8, 4) is 0 Å². The Kier molecular flexibility index (Phi) is 3.84. The highest BCUT2D eigenvalue weighted by Crippen LogP contribution is 2.23. The third kappa shape index (κ3) is 2.19. The van der Waals surface area contributed by atoms with E-state index in [1.54, 1.807) is 11.1 Å². The zero-order valence-corrected chi connectivity index (χ0v) is 13.7. The van der Waals surface area contributed by atoms with Gasteiger partial charge in [0.1, 0.15) is 0 Å². The maximum absolute atomic E-state index is 4.97. The molecule has 0 N–H and O–H groups in total. The Hall–Kier alpha value is -1.63. The Morgan fingerprint density at radius 1 is 0.857 bits per heavy atom. The second kappa shape index (κ2) is 5.63. The molecule has 0 spiro atoms. The topological polar surface area (TPSA) is 12.9 Å². The molecule has 0 bridgehead atoms. The summed E-state index contributed by atoms with van der Waals surface area (Å²) in [5.41, 5.74) is 7.08. The van der Waals surface area contributed by atoms with Crippen LogP contribution in [0.2, 0.25) is 0 Å². The molecule has 1 aliphatic carbocycles. The first-order chi connectivity index (χ1) is 10.2. The Morgan fingerprint density at radius 3 is 2.19 bits per heavy atom. The Balaban J connectivity index is 2.55. The van der Waals surface area contributed by atoms with Crippen LogP contribution in [0.4, 0.5) is 0 Å². The maximum atomic E-state index is 4.97. The average Bonchev–Trinajstić information content (AvgIpc) is 2.92. The SMILES string of the molecule is CCC1=c2c(CC)nc3ccc(CC)cc3c2=C(CC)C1. The van der Waals surface area contributed by atoms with Crippen LogP contribution in [0.5, 0.6) is 0 Å². The molecule has 0 amide bonds. The number of benzene rings is 1. The van der Waals surface area contributed by atoms with Crippen LogP contribution in [0.1, 0.15) is 58.2 Å². The van der Waals surface area contributed by atoms with Crippen LogP contribution in [0, 0.1) is 0 Å². The molecule has 0 radical (unpaired) electrons. The van der Waals surface area contributed by atoms with E-state index >= 15 is 0 Å². The van der Waals surface area contributed by atoms with Gasteiger partial charge in [0, 0.05) is 16.3 Å². The number of hydrogen-bond donors (Lipinski definition) is 0. The van der Waals surface area contributed by atoms with Crippen LogP contribution in [-0.2, 0) is 12.8 Å². The summed E-state index contributed by atoms with van der Waals surface area (Å²) in [6.07, 6.45) is 5.56. The lowest BCUT2D eigenvalue weighted by Gasteiger charge is -2.07. The number of nitrogens with zero attached hydrogens (tertiary/aromatic N) is 1. The first kappa shape index (κ1) is 14.3. The van der Waals surface area contributed by atoms with E-state index in [2.05, 4.69) is 45.9 Å². The van der Waals surface area contributed by atoms with E-state index in [-0.39, 0.29) is 0 Å². The summed E-state index contributed by atoms with van der Waals surface area (Å²) in [6, 6.07) is 6.81. The van der Waals surface area contributed by atoms with Crippen molar-refractivity contribution in [1.29, 1.82) is 0 Å². The second-order valence-electron chi connectivity index (χ2n) is 5.96. The van der Waals surface area contributed by atoms with Gasteiger partial charge in [0.15, 0.2) is 0 Å².